The summed E-state index contributed by atoms with van der Waals surface area (Å²) in [5, 5.41) is 18.8. The van der Waals surface area contributed by atoms with Gasteiger partial charge in [0.1, 0.15) is 23.4 Å². The van der Waals surface area contributed by atoms with Crippen LogP contribution in [-0.2, 0) is 21.1 Å². The van der Waals surface area contributed by atoms with Gasteiger partial charge in [-0.3, -0.25) is 14.2 Å². The minimum atomic E-state index is -0.984. The number of hydrogen-bond acceptors (Lipinski definition) is 10. The van der Waals surface area contributed by atoms with Gasteiger partial charge in [-0.1, -0.05) is 23.5 Å². The highest BCUT2D eigenvalue weighted by Crippen LogP contribution is 2.27. The number of hydrogen-bond donors (Lipinski definition) is 4. The number of amides is 2. The minimum absolute atomic E-state index is 0.00123. The fraction of sp³-hybridized carbons (Fsp3) is 0.462. The molecule has 0 aromatic carbocycles. The van der Waals surface area contributed by atoms with E-state index in [4.69, 9.17) is 21.3 Å². The second-order valence-electron chi connectivity index (χ2n) is 5.04. The number of carbonyl (C=O) groups excluding carboxylic acids is 2. The quantitative estimate of drug-likeness (QED) is 0.192. The van der Waals surface area contributed by atoms with E-state index in [-0.39, 0.29) is 24.8 Å². The third-order valence-electron chi connectivity index (χ3n) is 2.86. The molecular formula is C13H18N6O5S2. The summed E-state index contributed by atoms with van der Waals surface area (Å²) < 4.78 is 6.88. The molecule has 6 N–H and O–H groups in total. The number of imidazole rings is 1. The van der Waals surface area contributed by atoms with Gasteiger partial charge in [-0.25, -0.2) is 15.0 Å². The van der Waals surface area contributed by atoms with E-state index in [9.17, 15) is 14.7 Å². The number of nitrogens with two attached hydrogens (primary N) is 2. The Morgan fingerprint density at radius 2 is 1.92 bits per heavy atom. The molecule has 2 heterocycles. The molecule has 1 atom stereocenters. The Bertz CT molecular complexity index is 786. The first-order chi connectivity index (χ1) is 12.4. The predicted octanol–water partition coefficient (Wildman–Crippen LogP) is -1.69. The minimum Gasteiger partial charge on any atom is -0.394 e. The Morgan fingerprint density at radius 3 is 2.58 bits per heavy atom. The van der Waals surface area contributed by atoms with E-state index in [1.807, 2.05) is 0 Å². The number of nitrogens with zero attached hydrogens (tertiary/aromatic N) is 4. The number of aliphatic hydroxyl groups is 2. The number of thioether (sulfide) groups is 2. The topological polar surface area (TPSA) is 179 Å². The Balaban J connectivity index is 2.26. The van der Waals surface area contributed by atoms with Crippen LogP contribution in [0.2, 0.25) is 0 Å². The van der Waals surface area contributed by atoms with E-state index in [0.29, 0.717) is 21.3 Å². The van der Waals surface area contributed by atoms with Crippen molar-refractivity contribution in [2.45, 2.75) is 23.0 Å². The Kier molecular flexibility index (Phi) is 7.59. The number of fused-ring (bicyclic) bond motifs is 1. The van der Waals surface area contributed by atoms with Crippen LogP contribution in [0.15, 0.2) is 16.5 Å². The summed E-state index contributed by atoms with van der Waals surface area (Å²) in [4.78, 5) is 34.9. The summed E-state index contributed by atoms with van der Waals surface area (Å²) in [6.45, 7) is -0.438. The number of aromatic nitrogens is 4. The number of aliphatic hydroxyl groups excluding tert-OH is 2. The van der Waals surface area contributed by atoms with Gasteiger partial charge in [-0.05, 0) is 0 Å². The maximum absolute atomic E-state index is 11.0. The van der Waals surface area contributed by atoms with Gasteiger partial charge in [0.25, 0.3) is 0 Å². The van der Waals surface area contributed by atoms with Gasteiger partial charge < -0.3 is 26.4 Å². The van der Waals surface area contributed by atoms with Crippen molar-refractivity contribution in [2.75, 3.05) is 24.7 Å². The summed E-state index contributed by atoms with van der Waals surface area (Å²) in [5.41, 5.74) is 11.2. The van der Waals surface area contributed by atoms with Crippen LogP contribution in [0, 0.1) is 0 Å². The van der Waals surface area contributed by atoms with E-state index >= 15 is 0 Å². The van der Waals surface area contributed by atoms with Crippen LogP contribution in [0.3, 0.4) is 0 Å². The smallest absolute Gasteiger partial charge is 0.227 e. The normalized spacial score (nSPS) is 12.4. The van der Waals surface area contributed by atoms with Gasteiger partial charge in [0.15, 0.2) is 10.8 Å². The average molecular weight is 402 g/mol. The predicted molar refractivity (Wildman–Crippen MR) is 94.2 cm³/mol. The molecule has 1 unspecified atom stereocenters. The van der Waals surface area contributed by atoms with E-state index in [1.165, 1.54) is 6.33 Å². The van der Waals surface area contributed by atoms with Crippen molar-refractivity contribution in [3.05, 3.63) is 6.33 Å². The first kappa shape index (κ1) is 20.4. The van der Waals surface area contributed by atoms with Gasteiger partial charge >= 0.3 is 0 Å². The molecule has 2 aromatic rings. The monoisotopic (exact) mass is 402 g/mol. The lowest BCUT2D eigenvalue weighted by molar-refractivity contribution is -0.116. The number of rotatable bonds is 11. The van der Waals surface area contributed by atoms with Crippen LogP contribution in [0.5, 0.6) is 0 Å². The van der Waals surface area contributed by atoms with Crippen LogP contribution in [-0.4, -0.2) is 72.4 Å². The summed E-state index contributed by atoms with van der Waals surface area (Å²) in [6.07, 6.45) is 0.490. The molecule has 2 rings (SSSR count). The second-order valence-corrected chi connectivity index (χ2v) is 6.95. The molecule has 13 heteroatoms. The third kappa shape index (κ3) is 5.81. The molecule has 0 bridgehead atoms. The highest BCUT2D eigenvalue weighted by Gasteiger charge is 2.16. The zero-order valence-electron chi connectivity index (χ0n) is 13.6. The molecule has 0 fully saturated rings. The molecule has 2 amide bonds. The molecule has 2 aromatic heterocycles. The molecule has 0 saturated heterocycles. The lowest BCUT2D eigenvalue weighted by Gasteiger charge is -2.10. The molecule has 0 saturated carbocycles. The lowest BCUT2D eigenvalue weighted by Crippen LogP contribution is -2.20. The first-order valence-corrected chi connectivity index (χ1v) is 9.29. The molecule has 0 aliphatic heterocycles. The molecule has 0 aliphatic carbocycles. The lowest BCUT2D eigenvalue weighted by atomic mass is 10.4. The summed E-state index contributed by atoms with van der Waals surface area (Å²) in [5.74, 6) is -1.01. The second kappa shape index (κ2) is 9.68. The van der Waals surface area contributed by atoms with E-state index in [2.05, 4.69) is 15.0 Å². The largest absolute Gasteiger partial charge is 0.394 e. The third-order valence-corrected chi connectivity index (χ3v) is 4.71. The van der Waals surface area contributed by atoms with Crippen LogP contribution < -0.4 is 11.5 Å². The maximum atomic E-state index is 11.0. The van der Waals surface area contributed by atoms with Gasteiger partial charge in [0.05, 0.1) is 31.0 Å². The fourth-order valence-electron chi connectivity index (χ4n) is 1.77. The average Bonchev–Trinajstić information content (AvgIpc) is 3.00. The Hall–Kier alpha value is -1.93. The van der Waals surface area contributed by atoms with Gasteiger partial charge in [0, 0.05) is 0 Å². The van der Waals surface area contributed by atoms with Crippen molar-refractivity contribution >= 4 is 46.5 Å². The highest BCUT2D eigenvalue weighted by atomic mass is 32.2. The first-order valence-electron chi connectivity index (χ1n) is 7.32. The highest BCUT2D eigenvalue weighted by molar-refractivity contribution is 8.00. The van der Waals surface area contributed by atoms with Crippen molar-refractivity contribution in [3.8, 4) is 0 Å². The van der Waals surface area contributed by atoms with E-state index in [1.54, 1.807) is 4.57 Å². The molecule has 0 spiro atoms. The Morgan fingerprint density at radius 1 is 1.23 bits per heavy atom. The molecule has 0 radical (unpaired) electrons. The van der Waals surface area contributed by atoms with Crippen LogP contribution >= 0.6 is 23.5 Å². The standard InChI is InChI=1S/C13H18N6O5S2/c14-8(22)3-25-12-10-11(17-13(18-12)26-4-9(15)23)19(5-16-10)6-24-2-7(21)1-20/h5,7,20-21H,1-4,6H2,(H2,14,22)(H2,15,23). The fourth-order valence-corrected chi connectivity index (χ4v) is 3.12. The SMILES string of the molecule is NC(=O)CSc1nc(SCC(N)=O)c2ncn(COCC(O)CO)c2n1. The zero-order chi connectivity index (χ0) is 19.1. The zero-order valence-corrected chi connectivity index (χ0v) is 15.2. The van der Waals surface area contributed by atoms with E-state index < -0.39 is 24.5 Å². The maximum Gasteiger partial charge on any atom is 0.227 e. The van der Waals surface area contributed by atoms with Gasteiger partial charge in [-0.2, -0.15) is 0 Å². The van der Waals surface area contributed by atoms with Crippen molar-refractivity contribution < 1.29 is 24.5 Å². The van der Waals surface area contributed by atoms with Crippen molar-refractivity contribution in [3.63, 3.8) is 0 Å². The van der Waals surface area contributed by atoms with Gasteiger partial charge in [-0.15, -0.1) is 0 Å². The molecule has 142 valence electrons. The molecule has 26 heavy (non-hydrogen) atoms. The van der Waals surface area contributed by atoms with E-state index in [0.717, 1.165) is 23.5 Å². The number of carbonyl (C=O) groups is 2. The summed E-state index contributed by atoms with van der Waals surface area (Å²) in [6, 6.07) is 0. The van der Waals surface area contributed by atoms with Crippen LogP contribution in [0.4, 0.5) is 0 Å². The number of primary amides is 2. The summed E-state index contributed by atoms with van der Waals surface area (Å²) in [7, 11) is 0. The Labute approximate surface area is 156 Å². The summed E-state index contributed by atoms with van der Waals surface area (Å²) >= 11 is 2.16. The van der Waals surface area contributed by atoms with Gasteiger partial charge in [0.2, 0.25) is 11.8 Å². The molecule has 11 nitrogen and oxygen atoms in total. The molecule has 0 aliphatic rings. The van der Waals surface area contributed by atoms with Crippen molar-refractivity contribution in [1.82, 2.24) is 19.5 Å². The van der Waals surface area contributed by atoms with Crippen molar-refractivity contribution in [1.29, 1.82) is 0 Å². The van der Waals surface area contributed by atoms with Crippen molar-refractivity contribution in [2.24, 2.45) is 11.5 Å². The molecular weight excluding hydrogens is 384 g/mol. The van der Waals surface area contributed by atoms with Crippen LogP contribution in [0.1, 0.15) is 0 Å². The number of ether oxygens (including phenoxy) is 1. The van der Waals surface area contributed by atoms with Crippen LogP contribution in [0.25, 0.3) is 11.2 Å².